The molecular weight excluding hydrogens is 457 g/mol. The SMILES string of the molecule is CN=C(NCCc1ccco1)NCC(C)(C)c1ccc(OC)c(OC)c1.I. The van der Waals surface area contributed by atoms with Gasteiger partial charge in [0.05, 0.1) is 20.5 Å². The van der Waals surface area contributed by atoms with E-state index in [1.165, 1.54) is 0 Å². The molecule has 2 aromatic rings. The molecule has 7 heteroatoms. The monoisotopic (exact) mass is 487 g/mol. The standard InChI is InChI=1S/C20H29N3O3.HI/c1-20(2,15-8-9-17(24-4)18(13-15)25-5)14-23-19(21-3)22-11-10-16-7-6-12-26-16;/h6-9,12-13H,10-11,14H2,1-5H3,(H2,21,22,23);1H. The molecule has 0 amide bonds. The number of rotatable bonds is 8. The molecule has 0 radical (unpaired) electrons. The van der Waals surface area contributed by atoms with Gasteiger partial charge >= 0.3 is 0 Å². The van der Waals surface area contributed by atoms with Gasteiger partial charge in [-0.1, -0.05) is 19.9 Å². The summed E-state index contributed by atoms with van der Waals surface area (Å²) in [6, 6.07) is 9.89. The van der Waals surface area contributed by atoms with Crippen molar-refractivity contribution in [3.05, 3.63) is 47.9 Å². The highest BCUT2D eigenvalue weighted by Crippen LogP contribution is 2.32. The molecule has 0 spiro atoms. The molecule has 0 aliphatic rings. The minimum Gasteiger partial charge on any atom is -0.493 e. The maximum atomic E-state index is 5.42. The number of aliphatic imine (C=N–C) groups is 1. The van der Waals surface area contributed by atoms with Gasteiger partial charge in [0, 0.05) is 32.0 Å². The van der Waals surface area contributed by atoms with Gasteiger partial charge in [0.15, 0.2) is 17.5 Å². The van der Waals surface area contributed by atoms with E-state index in [4.69, 9.17) is 13.9 Å². The number of methoxy groups -OCH3 is 2. The number of nitrogens with one attached hydrogen (secondary N) is 2. The van der Waals surface area contributed by atoms with Crippen LogP contribution in [0.4, 0.5) is 0 Å². The molecule has 0 atom stereocenters. The van der Waals surface area contributed by atoms with Crippen LogP contribution in [0, 0.1) is 0 Å². The second kappa shape index (κ2) is 11.1. The van der Waals surface area contributed by atoms with Crippen molar-refractivity contribution in [2.75, 3.05) is 34.4 Å². The van der Waals surface area contributed by atoms with Crippen molar-refractivity contribution in [3.63, 3.8) is 0 Å². The summed E-state index contributed by atoms with van der Waals surface area (Å²) in [6.45, 7) is 5.83. The molecule has 0 aliphatic heterocycles. The summed E-state index contributed by atoms with van der Waals surface area (Å²) in [5.41, 5.74) is 1.05. The Hall–Kier alpha value is -1.90. The van der Waals surface area contributed by atoms with Crippen molar-refractivity contribution in [1.29, 1.82) is 0 Å². The van der Waals surface area contributed by atoms with Gasteiger partial charge in [0.25, 0.3) is 0 Å². The van der Waals surface area contributed by atoms with Gasteiger partial charge in [-0.05, 0) is 29.8 Å². The fourth-order valence-corrected chi connectivity index (χ4v) is 2.64. The molecule has 1 heterocycles. The number of halogens is 1. The molecule has 0 aliphatic carbocycles. The lowest BCUT2D eigenvalue weighted by Crippen LogP contribution is -2.44. The average Bonchev–Trinajstić information content (AvgIpc) is 3.17. The Balaban J connectivity index is 0.00000364. The third-order valence-electron chi connectivity index (χ3n) is 4.33. The second-order valence-electron chi connectivity index (χ2n) is 6.64. The lowest BCUT2D eigenvalue weighted by atomic mass is 9.84. The summed E-state index contributed by atoms with van der Waals surface area (Å²) in [5.74, 6) is 3.19. The predicted molar refractivity (Wildman–Crippen MR) is 120 cm³/mol. The quantitative estimate of drug-likeness (QED) is 0.339. The number of benzene rings is 1. The minimum atomic E-state index is -0.113. The van der Waals surface area contributed by atoms with E-state index in [1.807, 2.05) is 24.3 Å². The van der Waals surface area contributed by atoms with Crippen LogP contribution in [-0.2, 0) is 11.8 Å². The third kappa shape index (κ3) is 6.64. The largest absolute Gasteiger partial charge is 0.493 e. The summed E-state index contributed by atoms with van der Waals surface area (Å²) >= 11 is 0. The van der Waals surface area contributed by atoms with Crippen LogP contribution in [0.3, 0.4) is 0 Å². The lowest BCUT2D eigenvalue weighted by molar-refractivity contribution is 0.353. The summed E-state index contributed by atoms with van der Waals surface area (Å²) in [4.78, 5) is 4.28. The van der Waals surface area contributed by atoms with E-state index < -0.39 is 0 Å². The molecule has 0 fully saturated rings. The molecule has 6 nitrogen and oxygen atoms in total. The smallest absolute Gasteiger partial charge is 0.191 e. The van der Waals surface area contributed by atoms with E-state index >= 15 is 0 Å². The number of guanidine groups is 1. The third-order valence-corrected chi connectivity index (χ3v) is 4.33. The highest BCUT2D eigenvalue weighted by molar-refractivity contribution is 14.0. The Labute approximate surface area is 178 Å². The zero-order valence-corrected chi connectivity index (χ0v) is 19.0. The Morgan fingerprint density at radius 1 is 1.11 bits per heavy atom. The lowest BCUT2D eigenvalue weighted by Gasteiger charge is -2.27. The first-order valence-electron chi connectivity index (χ1n) is 8.69. The van der Waals surface area contributed by atoms with Crippen molar-refractivity contribution in [2.45, 2.75) is 25.7 Å². The first-order valence-corrected chi connectivity index (χ1v) is 8.69. The average molecular weight is 487 g/mol. The Bertz CT molecular complexity index is 715. The van der Waals surface area contributed by atoms with Gasteiger partial charge in [-0.25, -0.2) is 0 Å². The normalized spacial score (nSPS) is 11.5. The van der Waals surface area contributed by atoms with E-state index in [2.05, 4.69) is 35.5 Å². The first-order chi connectivity index (χ1) is 12.5. The topological polar surface area (TPSA) is 68.0 Å². The Kier molecular flexibility index (Phi) is 9.48. The van der Waals surface area contributed by atoms with E-state index in [0.717, 1.165) is 48.3 Å². The first kappa shape index (κ1) is 23.1. The maximum absolute atomic E-state index is 5.42. The summed E-state index contributed by atoms with van der Waals surface area (Å²) in [7, 11) is 5.06. The number of furan rings is 1. The van der Waals surface area contributed by atoms with Crippen molar-refractivity contribution in [1.82, 2.24) is 10.6 Å². The second-order valence-corrected chi connectivity index (χ2v) is 6.64. The van der Waals surface area contributed by atoms with Crippen LogP contribution < -0.4 is 20.1 Å². The number of hydrogen-bond acceptors (Lipinski definition) is 4. The molecule has 0 saturated heterocycles. The molecular formula is C20H30IN3O3. The van der Waals surface area contributed by atoms with Crippen molar-refractivity contribution >= 4 is 29.9 Å². The zero-order chi connectivity index (χ0) is 19.0. The molecule has 1 aromatic heterocycles. The van der Waals surface area contributed by atoms with Gasteiger partial charge in [0.2, 0.25) is 0 Å². The van der Waals surface area contributed by atoms with Gasteiger partial charge in [-0.2, -0.15) is 0 Å². The molecule has 2 rings (SSSR count). The fourth-order valence-electron chi connectivity index (χ4n) is 2.64. The van der Waals surface area contributed by atoms with Crippen molar-refractivity contribution < 1.29 is 13.9 Å². The van der Waals surface area contributed by atoms with E-state index in [0.29, 0.717) is 0 Å². The maximum Gasteiger partial charge on any atom is 0.191 e. The van der Waals surface area contributed by atoms with Crippen LogP contribution in [0.2, 0.25) is 0 Å². The van der Waals surface area contributed by atoms with Gasteiger partial charge in [-0.3, -0.25) is 4.99 Å². The predicted octanol–water partition coefficient (Wildman–Crippen LogP) is 3.60. The van der Waals surface area contributed by atoms with E-state index in [1.54, 1.807) is 27.5 Å². The number of hydrogen-bond donors (Lipinski definition) is 2. The summed E-state index contributed by atoms with van der Waals surface area (Å²) in [6.07, 6.45) is 2.50. The number of nitrogens with zero attached hydrogens (tertiary/aromatic N) is 1. The van der Waals surface area contributed by atoms with Gasteiger partial charge in [-0.15, -0.1) is 24.0 Å². The number of ether oxygens (including phenoxy) is 2. The van der Waals surface area contributed by atoms with Crippen LogP contribution in [0.15, 0.2) is 46.0 Å². The van der Waals surface area contributed by atoms with Crippen molar-refractivity contribution in [3.8, 4) is 11.5 Å². The fraction of sp³-hybridized carbons (Fsp3) is 0.450. The summed E-state index contributed by atoms with van der Waals surface area (Å²) < 4.78 is 16.1. The summed E-state index contributed by atoms with van der Waals surface area (Å²) in [5, 5.41) is 6.70. The highest BCUT2D eigenvalue weighted by atomic mass is 127. The van der Waals surface area contributed by atoms with Crippen LogP contribution in [-0.4, -0.2) is 40.3 Å². The van der Waals surface area contributed by atoms with Crippen LogP contribution in [0.25, 0.3) is 0 Å². The molecule has 0 saturated carbocycles. The Morgan fingerprint density at radius 2 is 1.85 bits per heavy atom. The highest BCUT2D eigenvalue weighted by Gasteiger charge is 2.22. The van der Waals surface area contributed by atoms with Gasteiger partial charge < -0.3 is 24.5 Å². The molecule has 0 unspecified atom stereocenters. The minimum absolute atomic E-state index is 0. The molecule has 27 heavy (non-hydrogen) atoms. The van der Waals surface area contributed by atoms with Crippen molar-refractivity contribution in [2.24, 2.45) is 4.99 Å². The molecule has 150 valence electrons. The van der Waals surface area contributed by atoms with Crippen LogP contribution in [0.5, 0.6) is 11.5 Å². The molecule has 0 bridgehead atoms. The Morgan fingerprint density at radius 3 is 2.44 bits per heavy atom. The molecule has 2 N–H and O–H groups in total. The van der Waals surface area contributed by atoms with E-state index in [9.17, 15) is 0 Å². The zero-order valence-electron chi connectivity index (χ0n) is 16.7. The van der Waals surface area contributed by atoms with E-state index in [-0.39, 0.29) is 29.4 Å². The van der Waals surface area contributed by atoms with Gasteiger partial charge in [0.1, 0.15) is 5.76 Å². The molecule has 1 aromatic carbocycles. The van der Waals surface area contributed by atoms with Crippen LogP contribution in [0.1, 0.15) is 25.2 Å². The van der Waals surface area contributed by atoms with Crippen LogP contribution >= 0.6 is 24.0 Å².